The molecule has 0 bridgehead atoms. The van der Waals surface area contributed by atoms with Crippen LogP contribution >= 0.6 is 12.2 Å². The summed E-state index contributed by atoms with van der Waals surface area (Å²) >= 11 is 4.62. The maximum absolute atomic E-state index is 4.62. The van der Waals surface area contributed by atoms with E-state index in [4.69, 9.17) is 0 Å². The Kier molecular flexibility index (Phi) is 2.67. The van der Waals surface area contributed by atoms with Gasteiger partial charge < -0.3 is 9.64 Å². The van der Waals surface area contributed by atoms with Crippen LogP contribution in [0.1, 0.15) is 0 Å². The molecule has 41 valence electrons. The molecule has 0 aliphatic carbocycles. The van der Waals surface area contributed by atoms with Crippen molar-refractivity contribution < 1.29 is 4.74 Å². The Morgan fingerprint density at radius 1 is 1.71 bits per heavy atom. The van der Waals surface area contributed by atoms with E-state index in [1.165, 1.54) is 0 Å². The third-order valence-electron chi connectivity index (χ3n) is 0.489. The molecule has 0 unspecified atom stereocenters. The molecule has 0 saturated heterocycles. The van der Waals surface area contributed by atoms with E-state index >= 15 is 0 Å². The summed E-state index contributed by atoms with van der Waals surface area (Å²) in [4.78, 5) is 1.67. The van der Waals surface area contributed by atoms with Gasteiger partial charge in [0, 0.05) is 14.1 Å². The van der Waals surface area contributed by atoms with E-state index in [-0.39, 0.29) is 0 Å². The van der Waals surface area contributed by atoms with Crippen LogP contribution < -0.4 is 0 Å². The Morgan fingerprint density at radius 3 is 2.14 bits per heavy atom. The van der Waals surface area contributed by atoms with Crippen LogP contribution in [-0.2, 0) is 4.74 Å². The van der Waals surface area contributed by atoms with Gasteiger partial charge in [-0.15, -0.1) is 0 Å². The minimum Gasteiger partial charge on any atom is -0.467 e. The van der Waals surface area contributed by atoms with Crippen LogP contribution in [0.2, 0.25) is 0 Å². The zero-order valence-corrected chi connectivity index (χ0v) is 5.29. The minimum atomic E-state index is 0.403. The fraction of sp³-hybridized carbons (Fsp3) is 0.500. The molecule has 0 saturated carbocycles. The second-order valence-electron chi connectivity index (χ2n) is 1.30. The molecule has 0 aromatic heterocycles. The van der Waals surface area contributed by atoms with Gasteiger partial charge in [0.05, 0.1) is 0 Å². The van der Waals surface area contributed by atoms with Crippen molar-refractivity contribution in [3.8, 4) is 0 Å². The Labute approximate surface area is 49.1 Å². The molecule has 0 N–H and O–H groups in total. The lowest BCUT2D eigenvalue weighted by Crippen LogP contribution is -2.19. The molecule has 0 atom stereocenters. The molecular weight excluding hydrogens is 110 g/mol. The van der Waals surface area contributed by atoms with E-state index in [0.717, 1.165) is 0 Å². The number of nitrogens with zero attached hydrogens (tertiary/aromatic N) is 1. The Balaban J connectivity index is 3.35. The summed E-state index contributed by atoms with van der Waals surface area (Å²) in [6.45, 7) is 0. The van der Waals surface area contributed by atoms with Gasteiger partial charge >= 0.3 is 0 Å². The standard InChI is InChI=1S/C4H8NOS/c1-5(2)4(7)6-3/h3H2,1-2H3. The van der Waals surface area contributed by atoms with Crippen molar-refractivity contribution in [3.63, 3.8) is 0 Å². The van der Waals surface area contributed by atoms with Crippen LogP contribution in [0.4, 0.5) is 0 Å². The summed E-state index contributed by atoms with van der Waals surface area (Å²) < 4.78 is 4.42. The van der Waals surface area contributed by atoms with E-state index in [1.54, 1.807) is 19.0 Å². The summed E-state index contributed by atoms with van der Waals surface area (Å²) in [5.41, 5.74) is 0. The highest BCUT2D eigenvalue weighted by molar-refractivity contribution is 7.80. The van der Waals surface area contributed by atoms with Crippen molar-refractivity contribution in [1.29, 1.82) is 0 Å². The van der Waals surface area contributed by atoms with Gasteiger partial charge in [-0.05, 0) is 12.2 Å². The Morgan fingerprint density at radius 2 is 2.14 bits per heavy atom. The first-order valence-electron chi connectivity index (χ1n) is 1.81. The largest absolute Gasteiger partial charge is 0.467 e. The molecule has 1 radical (unpaired) electrons. The van der Waals surface area contributed by atoms with Gasteiger partial charge in [0.15, 0.2) is 0 Å². The lowest BCUT2D eigenvalue weighted by atomic mass is 10.9. The van der Waals surface area contributed by atoms with Crippen LogP contribution in [0.3, 0.4) is 0 Å². The van der Waals surface area contributed by atoms with E-state index < -0.39 is 0 Å². The van der Waals surface area contributed by atoms with Crippen molar-refractivity contribution >= 4 is 17.4 Å². The first-order valence-corrected chi connectivity index (χ1v) is 2.22. The van der Waals surface area contributed by atoms with Gasteiger partial charge in [0.25, 0.3) is 5.17 Å². The molecule has 3 heteroatoms. The van der Waals surface area contributed by atoms with Gasteiger partial charge in [-0.1, -0.05) is 0 Å². The summed E-state index contributed by atoms with van der Waals surface area (Å²) in [6.07, 6.45) is 0. The summed E-state index contributed by atoms with van der Waals surface area (Å²) in [5, 5.41) is 0.403. The van der Waals surface area contributed by atoms with Crippen molar-refractivity contribution in [3.05, 3.63) is 7.11 Å². The molecule has 2 nitrogen and oxygen atoms in total. The van der Waals surface area contributed by atoms with Gasteiger partial charge in [0.1, 0.15) is 7.11 Å². The van der Waals surface area contributed by atoms with Crippen LogP contribution in [-0.4, -0.2) is 24.2 Å². The SMILES string of the molecule is [CH2]OC(=S)N(C)C. The topological polar surface area (TPSA) is 12.5 Å². The molecule has 0 aromatic carbocycles. The fourth-order valence-electron chi connectivity index (χ4n) is 0.129. The smallest absolute Gasteiger partial charge is 0.258 e. The number of hydrogen-bond acceptors (Lipinski definition) is 2. The van der Waals surface area contributed by atoms with E-state index in [1.807, 2.05) is 0 Å². The van der Waals surface area contributed by atoms with Crippen LogP contribution in [0.25, 0.3) is 0 Å². The summed E-state index contributed by atoms with van der Waals surface area (Å²) in [5.74, 6) is 0. The van der Waals surface area contributed by atoms with Crippen molar-refractivity contribution in [2.45, 2.75) is 0 Å². The average Bonchev–Trinajstić information content (AvgIpc) is 1.65. The van der Waals surface area contributed by atoms with Gasteiger partial charge in [0.2, 0.25) is 0 Å². The zero-order chi connectivity index (χ0) is 5.86. The predicted molar refractivity (Wildman–Crippen MR) is 32.7 cm³/mol. The number of hydrogen-bond donors (Lipinski definition) is 0. The Hall–Kier alpha value is -0.310. The van der Waals surface area contributed by atoms with Gasteiger partial charge in [-0.3, -0.25) is 0 Å². The van der Waals surface area contributed by atoms with Crippen molar-refractivity contribution in [1.82, 2.24) is 4.90 Å². The monoisotopic (exact) mass is 118 g/mol. The molecule has 0 amide bonds. The molecule has 7 heavy (non-hydrogen) atoms. The number of thiocarbonyl (C=S) groups is 1. The van der Waals surface area contributed by atoms with E-state index in [2.05, 4.69) is 24.1 Å². The fourth-order valence-corrected chi connectivity index (χ4v) is 0.129. The third kappa shape index (κ3) is 2.39. The van der Waals surface area contributed by atoms with E-state index in [9.17, 15) is 0 Å². The maximum atomic E-state index is 4.62. The van der Waals surface area contributed by atoms with Crippen molar-refractivity contribution in [2.24, 2.45) is 0 Å². The lowest BCUT2D eigenvalue weighted by Gasteiger charge is -2.09. The van der Waals surface area contributed by atoms with Crippen LogP contribution in [0.15, 0.2) is 0 Å². The van der Waals surface area contributed by atoms with Crippen LogP contribution in [0.5, 0.6) is 0 Å². The quantitative estimate of drug-likeness (QED) is 0.433. The maximum Gasteiger partial charge on any atom is 0.258 e. The highest BCUT2D eigenvalue weighted by Crippen LogP contribution is 1.81. The molecular formula is C4H8NOS. The molecule has 0 aromatic rings. The normalized spacial score (nSPS) is 7.86. The highest BCUT2D eigenvalue weighted by Gasteiger charge is 1.91. The summed E-state index contributed by atoms with van der Waals surface area (Å²) in [6, 6.07) is 0. The molecule has 0 rings (SSSR count). The third-order valence-corrected chi connectivity index (χ3v) is 0.972. The Bertz CT molecular complexity index is 72.1. The number of ether oxygens (including phenoxy) is 1. The zero-order valence-electron chi connectivity index (χ0n) is 4.47. The van der Waals surface area contributed by atoms with Crippen LogP contribution in [0, 0.1) is 7.11 Å². The molecule has 0 spiro atoms. The molecule has 0 aliphatic heterocycles. The molecule has 0 heterocycles. The predicted octanol–water partition coefficient (Wildman–Crippen LogP) is 0.641. The van der Waals surface area contributed by atoms with Gasteiger partial charge in [-0.2, -0.15) is 0 Å². The first kappa shape index (κ1) is 6.69. The van der Waals surface area contributed by atoms with Gasteiger partial charge in [-0.25, -0.2) is 0 Å². The second-order valence-corrected chi connectivity index (χ2v) is 1.65. The van der Waals surface area contributed by atoms with Crippen molar-refractivity contribution in [2.75, 3.05) is 14.1 Å². The molecule has 0 aliphatic rings. The first-order chi connectivity index (χ1) is 3.18. The number of rotatable bonds is 0. The minimum absolute atomic E-state index is 0.403. The lowest BCUT2D eigenvalue weighted by molar-refractivity contribution is 0.389. The summed E-state index contributed by atoms with van der Waals surface area (Å²) in [7, 11) is 6.72. The second kappa shape index (κ2) is 2.80. The van der Waals surface area contributed by atoms with E-state index in [0.29, 0.717) is 5.17 Å². The highest BCUT2D eigenvalue weighted by atomic mass is 32.1. The average molecular weight is 118 g/mol. The molecule has 0 fully saturated rings.